The summed E-state index contributed by atoms with van der Waals surface area (Å²) in [6, 6.07) is 3.48. The molecule has 36 heavy (non-hydrogen) atoms. The Morgan fingerprint density at radius 2 is 1.89 bits per heavy atom. The van der Waals surface area contributed by atoms with E-state index in [0.29, 0.717) is 25.2 Å². The number of rotatable bonds is 5. The molecule has 0 atom stereocenters. The second kappa shape index (κ2) is 11.3. The Bertz CT molecular complexity index is 1150. The number of nitrogens with one attached hydrogen (secondary N) is 1. The predicted molar refractivity (Wildman–Crippen MR) is 134 cm³/mol. The molecule has 0 radical (unpaired) electrons. The summed E-state index contributed by atoms with van der Waals surface area (Å²) in [5.74, 6) is 5.00. The number of amides is 2. The number of unbranched alkanes of at least 4 members (excludes halogenated alkanes) is 1. The highest BCUT2D eigenvalue weighted by Crippen LogP contribution is 2.37. The van der Waals surface area contributed by atoms with E-state index in [0.717, 1.165) is 62.3 Å². The van der Waals surface area contributed by atoms with Crippen molar-refractivity contribution in [3.63, 3.8) is 0 Å². The Kier molecular flexibility index (Phi) is 8.19. The molecule has 1 aromatic carbocycles. The van der Waals surface area contributed by atoms with Gasteiger partial charge in [-0.3, -0.25) is 9.59 Å². The second-order valence-electron chi connectivity index (χ2n) is 9.07. The Labute approximate surface area is 212 Å². The highest BCUT2D eigenvalue weighted by molar-refractivity contribution is 7.10. The van der Waals surface area contributed by atoms with Gasteiger partial charge in [-0.05, 0) is 56.2 Å². The van der Waals surface area contributed by atoms with E-state index >= 15 is 0 Å². The van der Waals surface area contributed by atoms with E-state index in [1.165, 1.54) is 17.4 Å². The van der Waals surface area contributed by atoms with Crippen molar-refractivity contribution in [1.29, 1.82) is 0 Å². The van der Waals surface area contributed by atoms with Gasteiger partial charge in [0.15, 0.2) is 0 Å². The van der Waals surface area contributed by atoms with Gasteiger partial charge in [0.25, 0.3) is 11.8 Å². The molecule has 0 aliphatic carbocycles. The van der Waals surface area contributed by atoms with Gasteiger partial charge in [-0.1, -0.05) is 12.8 Å². The lowest BCUT2D eigenvalue weighted by molar-refractivity contribution is -0.137. The summed E-state index contributed by atoms with van der Waals surface area (Å²) in [4.78, 5) is 33.4. The Morgan fingerprint density at radius 1 is 1.17 bits per heavy atom. The number of nitrogens with zero attached hydrogens (tertiary/aromatic N) is 3. The molecule has 2 amide bonds. The Balaban J connectivity index is 1.43. The number of piperidine rings is 1. The number of halogens is 3. The monoisotopic (exact) mass is 518 g/mol. The molecule has 3 heterocycles. The van der Waals surface area contributed by atoms with E-state index in [1.807, 2.05) is 11.8 Å². The van der Waals surface area contributed by atoms with Crippen LogP contribution in [0.5, 0.6) is 0 Å². The first-order valence-electron chi connectivity index (χ1n) is 12.3. The van der Waals surface area contributed by atoms with Crippen LogP contribution in [0.2, 0.25) is 0 Å². The third-order valence-electron chi connectivity index (χ3n) is 6.48. The Morgan fingerprint density at radius 3 is 2.56 bits per heavy atom. The van der Waals surface area contributed by atoms with E-state index in [9.17, 15) is 22.8 Å². The van der Waals surface area contributed by atoms with Crippen LogP contribution < -0.4 is 10.2 Å². The molecule has 0 unspecified atom stereocenters. The largest absolute Gasteiger partial charge is 0.416 e. The number of thiazole rings is 1. The van der Waals surface area contributed by atoms with Crippen LogP contribution in [0.15, 0.2) is 23.6 Å². The van der Waals surface area contributed by atoms with E-state index in [1.54, 1.807) is 10.3 Å². The van der Waals surface area contributed by atoms with Crippen LogP contribution in [0.1, 0.15) is 72.4 Å². The first kappa shape index (κ1) is 26.0. The minimum Gasteiger partial charge on any atom is -0.370 e. The fourth-order valence-electron chi connectivity index (χ4n) is 4.48. The normalized spacial score (nSPS) is 16.6. The molecule has 2 fully saturated rings. The molecule has 2 aliphatic heterocycles. The number of benzene rings is 1. The number of hydrogen-bond acceptors (Lipinski definition) is 5. The molecule has 4 rings (SSSR count). The average molecular weight is 519 g/mol. The maximum Gasteiger partial charge on any atom is 0.416 e. The van der Waals surface area contributed by atoms with Crippen molar-refractivity contribution in [3.8, 4) is 11.8 Å². The number of aromatic nitrogens is 1. The van der Waals surface area contributed by atoms with Gasteiger partial charge in [0.05, 0.1) is 21.9 Å². The van der Waals surface area contributed by atoms with Gasteiger partial charge in [0, 0.05) is 43.9 Å². The molecule has 0 bridgehead atoms. The van der Waals surface area contributed by atoms with Crippen molar-refractivity contribution in [2.75, 3.05) is 36.4 Å². The summed E-state index contributed by atoms with van der Waals surface area (Å²) < 4.78 is 40.0. The van der Waals surface area contributed by atoms with E-state index in [4.69, 9.17) is 0 Å². The van der Waals surface area contributed by atoms with Crippen LogP contribution in [0.3, 0.4) is 0 Å². The Hall–Kier alpha value is -3.06. The van der Waals surface area contributed by atoms with Crippen LogP contribution in [-0.2, 0) is 11.0 Å². The minimum atomic E-state index is -4.51. The SMILES string of the molecule is CCCC#CC(=O)N1CCC(c2nc(C(=O)Nc3cc(C(F)(F)F)ccc3N3CCCC3)cs2)CC1. The van der Waals surface area contributed by atoms with E-state index in [-0.39, 0.29) is 23.2 Å². The van der Waals surface area contributed by atoms with Crippen molar-refractivity contribution in [1.82, 2.24) is 9.88 Å². The molecule has 2 saturated heterocycles. The molecule has 0 saturated carbocycles. The number of hydrogen-bond donors (Lipinski definition) is 1. The van der Waals surface area contributed by atoms with Gasteiger partial charge in [-0.25, -0.2) is 4.98 Å². The third kappa shape index (κ3) is 6.19. The number of alkyl halides is 3. The maximum absolute atomic E-state index is 13.3. The molecule has 1 N–H and O–H groups in total. The van der Waals surface area contributed by atoms with E-state index in [2.05, 4.69) is 22.1 Å². The summed E-state index contributed by atoms with van der Waals surface area (Å²) >= 11 is 1.36. The van der Waals surface area contributed by atoms with Crippen molar-refractivity contribution < 1.29 is 22.8 Å². The summed E-state index contributed by atoms with van der Waals surface area (Å²) in [5.41, 5.74) is 0.106. The summed E-state index contributed by atoms with van der Waals surface area (Å²) in [6.07, 6.45) is 0.473. The fraction of sp³-hybridized carbons (Fsp3) is 0.500. The lowest BCUT2D eigenvalue weighted by Gasteiger charge is -2.29. The highest BCUT2D eigenvalue weighted by atomic mass is 32.1. The minimum absolute atomic E-state index is 0.123. The highest BCUT2D eigenvalue weighted by Gasteiger charge is 2.32. The molecule has 2 aliphatic rings. The topological polar surface area (TPSA) is 65.5 Å². The fourth-order valence-corrected chi connectivity index (χ4v) is 5.46. The molecule has 2 aromatic rings. The first-order chi connectivity index (χ1) is 17.3. The number of carbonyl (C=O) groups excluding carboxylic acids is 2. The molecule has 0 spiro atoms. The van der Waals surface area contributed by atoms with Crippen LogP contribution in [0.4, 0.5) is 24.5 Å². The van der Waals surface area contributed by atoms with Gasteiger partial charge in [-0.2, -0.15) is 13.2 Å². The van der Waals surface area contributed by atoms with Crippen molar-refractivity contribution >= 4 is 34.5 Å². The zero-order valence-corrected chi connectivity index (χ0v) is 21.0. The molecule has 10 heteroatoms. The quantitative estimate of drug-likeness (QED) is 0.529. The lowest BCUT2D eigenvalue weighted by atomic mass is 9.97. The predicted octanol–water partition coefficient (Wildman–Crippen LogP) is 5.52. The van der Waals surface area contributed by atoms with Crippen LogP contribution in [-0.4, -0.2) is 47.9 Å². The summed E-state index contributed by atoms with van der Waals surface area (Å²) in [6.45, 7) is 4.64. The van der Waals surface area contributed by atoms with Crippen LogP contribution >= 0.6 is 11.3 Å². The zero-order chi connectivity index (χ0) is 25.7. The average Bonchev–Trinajstić information content (AvgIpc) is 3.56. The van der Waals surface area contributed by atoms with Crippen LogP contribution in [0.25, 0.3) is 0 Å². The van der Waals surface area contributed by atoms with Gasteiger partial charge >= 0.3 is 6.18 Å². The number of carbonyl (C=O) groups is 2. The van der Waals surface area contributed by atoms with Gasteiger partial charge < -0.3 is 15.1 Å². The van der Waals surface area contributed by atoms with Crippen molar-refractivity contribution in [2.24, 2.45) is 0 Å². The first-order valence-corrected chi connectivity index (χ1v) is 13.1. The third-order valence-corrected chi connectivity index (χ3v) is 7.48. The van der Waals surface area contributed by atoms with Crippen LogP contribution in [0, 0.1) is 11.8 Å². The standard InChI is InChI=1S/C26H29F3N4O2S/c1-2-3-4-7-23(34)33-14-10-18(11-15-33)25-31-21(17-36-25)24(35)30-20-16-19(26(27,28)29)8-9-22(20)32-12-5-6-13-32/h8-9,16-18H,2-3,5-6,10-15H2,1H3,(H,30,35). The molecular formula is C26H29F3N4O2S. The van der Waals surface area contributed by atoms with Crippen molar-refractivity contribution in [3.05, 3.63) is 39.8 Å². The molecule has 192 valence electrons. The van der Waals surface area contributed by atoms with E-state index < -0.39 is 17.6 Å². The van der Waals surface area contributed by atoms with Gasteiger partial charge in [0.2, 0.25) is 0 Å². The summed E-state index contributed by atoms with van der Waals surface area (Å²) in [7, 11) is 0. The smallest absolute Gasteiger partial charge is 0.370 e. The number of likely N-dealkylation sites (tertiary alicyclic amines) is 1. The van der Waals surface area contributed by atoms with Crippen molar-refractivity contribution in [2.45, 2.75) is 57.5 Å². The summed E-state index contributed by atoms with van der Waals surface area (Å²) in [5, 5.41) is 5.11. The van der Waals surface area contributed by atoms with Gasteiger partial charge in [-0.15, -0.1) is 11.3 Å². The lowest BCUT2D eigenvalue weighted by Crippen LogP contribution is -2.37. The van der Waals surface area contributed by atoms with Gasteiger partial charge in [0.1, 0.15) is 5.69 Å². The second-order valence-corrected chi connectivity index (χ2v) is 9.96. The molecule has 1 aromatic heterocycles. The zero-order valence-electron chi connectivity index (χ0n) is 20.2. The molecule has 6 nitrogen and oxygen atoms in total. The molecular weight excluding hydrogens is 489 g/mol. The maximum atomic E-state index is 13.3. The number of anilines is 2.